The molecular weight excluding hydrogens is 490 g/mol. The number of carbonyl (C=O) groups is 1. The lowest BCUT2D eigenvalue weighted by atomic mass is 10.00. The second-order valence-electron chi connectivity index (χ2n) is 9.02. The number of rotatable bonds is 6. The molecule has 1 saturated heterocycles. The van der Waals surface area contributed by atoms with Crippen LogP contribution in [0, 0.1) is 0 Å². The highest BCUT2D eigenvalue weighted by atomic mass is 32.2. The Balaban J connectivity index is 1.49. The summed E-state index contributed by atoms with van der Waals surface area (Å²) in [6.07, 6.45) is 0. The number of nitrogens with zero attached hydrogens (tertiary/aromatic N) is 2. The predicted octanol–water partition coefficient (Wildman–Crippen LogP) is 4.06. The first-order valence-electron chi connectivity index (χ1n) is 11.9. The van der Waals surface area contributed by atoms with E-state index in [1.54, 1.807) is 18.2 Å². The summed E-state index contributed by atoms with van der Waals surface area (Å²) >= 11 is 0. The van der Waals surface area contributed by atoms with Crippen molar-refractivity contribution in [3.05, 3.63) is 95.1 Å². The van der Waals surface area contributed by atoms with Gasteiger partial charge in [-0.3, -0.25) is 4.90 Å². The quantitative estimate of drug-likeness (QED) is 0.295. The molecule has 0 unspecified atom stereocenters. The fraction of sp³-hybridized carbons (Fsp3) is 0.214. The monoisotopic (exact) mass is 517 g/mol. The molecule has 1 aromatic heterocycles. The van der Waals surface area contributed by atoms with Gasteiger partial charge in [-0.05, 0) is 29.8 Å². The molecule has 190 valence electrons. The molecule has 2 N–H and O–H groups in total. The van der Waals surface area contributed by atoms with E-state index in [9.17, 15) is 18.3 Å². The summed E-state index contributed by atoms with van der Waals surface area (Å²) in [6, 6.07) is 22.5. The fourth-order valence-corrected chi connectivity index (χ4v) is 5.78. The Labute approximate surface area is 215 Å². The van der Waals surface area contributed by atoms with Crippen molar-refractivity contribution in [2.24, 2.45) is 4.99 Å². The molecule has 37 heavy (non-hydrogen) atoms. The maximum absolute atomic E-state index is 12.0. The molecule has 0 radical (unpaired) electrons. The molecular formula is C28H27N3O5S. The van der Waals surface area contributed by atoms with Crippen LogP contribution in [0.4, 0.5) is 5.69 Å². The van der Waals surface area contributed by atoms with Crippen LogP contribution in [0.2, 0.25) is 0 Å². The van der Waals surface area contributed by atoms with Crippen molar-refractivity contribution in [3.8, 4) is 5.88 Å². The predicted molar refractivity (Wildman–Crippen MR) is 143 cm³/mol. The van der Waals surface area contributed by atoms with Gasteiger partial charge in [-0.25, -0.2) is 18.2 Å². The van der Waals surface area contributed by atoms with E-state index in [-0.39, 0.29) is 17.4 Å². The molecule has 0 amide bonds. The van der Waals surface area contributed by atoms with Gasteiger partial charge in [-0.15, -0.1) is 0 Å². The second-order valence-corrected chi connectivity index (χ2v) is 11.3. The summed E-state index contributed by atoms with van der Waals surface area (Å²) in [5, 5.41) is 11.6. The molecule has 0 spiro atoms. The first-order chi connectivity index (χ1) is 17.8. The van der Waals surface area contributed by atoms with Crippen LogP contribution in [-0.2, 0) is 21.1 Å². The maximum atomic E-state index is 12.0. The van der Waals surface area contributed by atoms with Crippen molar-refractivity contribution in [2.45, 2.75) is 6.54 Å². The lowest BCUT2D eigenvalue weighted by Gasteiger charge is -2.26. The summed E-state index contributed by atoms with van der Waals surface area (Å²) in [6.45, 7) is 1.76. The van der Waals surface area contributed by atoms with E-state index < -0.39 is 15.8 Å². The number of nitrogens with one attached hydrogen (secondary N) is 1. The molecule has 2 heterocycles. The van der Waals surface area contributed by atoms with Gasteiger partial charge >= 0.3 is 5.97 Å². The number of aromatic hydroxyl groups is 1. The van der Waals surface area contributed by atoms with E-state index >= 15 is 0 Å². The average Bonchev–Trinajstić information content (AvgIpc) is 3.24. The Morgan fingerprint density at radius 2 is 1.70 bits per heavy atom. The fourth-order valence-electron chi connectivity index (χ4n) is 4.50. The molecule has 3 aromatic carbocycles. The number of sulfone groups is 1. The van der Waals surface area contributed by atoms with E-state index in [0.717, 1.165) is 16.5 Å². The highest BCUT2D eigenvalue weighted by Gasteiger charge is 2.22. The number of methoxy groups -OCH3 is 1. The summed E-state index contributed by atoms with van der Waals surface area (Å²) < 4.78 is 28.2. The van der Waals surface area contributed by atoms with Crippen LogP contribution in [0.1, 0.15) is 27.0 Å². The standard InChI is InChI=1S/C28H27N3O5S/c1-36-28(33)21-9-12-23-24(17-21)30-27(32)25(23)26(20-5-3-2-4-6-20)29-22-10-7-19(8-11-22)18-31-13-15-37(34,35)16-14-31/h2-12,17,30,32H,13-16,18H2,1H3. The lowest BCUT2D eigenvalue weighted by molar-refractivity contribution is 0.0601. The number of H-pyrrole nitrogens is 1. The third kappa shape index (κ3) is 5.42. The first kappa shape index (κ1) is 24.7. The highest BCUT2D eigenvalue weighted by molar-refractivity contribution is 7.91. The first-order valence-corrected chi connectivity index (χ1v) is 13.7. The van der Waals surface area contributed by atoms with Crippen LogP contribution >= 0.6 is 0 Å². The Morgan fingerprint density at radius 3 is 2.38 bits per heavy atom. The lowest BCUT2D eigenvalue weighted by Crippen LogP contribution is -2.39. The number of hydrogen-bond donors (Lipinski definition) is 2. The van der Waals surface area contributed by atoms with Gasteiger partial charge in [0, 0.05) is 36.1 Å². The van der Waals surface area contributed by atoms with Gasteiger partial charge in [0.1, 0.15) is 0 Å². The van der Waals surface area contributed by atoms with Crippen molar-refractivity contribution >= 4 is 38.1 Å². The normalized spacial score (nSPS) is 16.1. The summed E-state index contributed by atoms with van der Waals surface area (Å²) in [5.74, 6) is -0.104. The number of esters is 1. The van der Waals surface area contributed by atoms with Crippen LogP contribution in [0.25, 0.3) is 10.9 Å². The second kappa shape index (κ2) is 10.2. The molecule has 1 fully saturated rings. The van der Waals surface area contributed by atoms with E-state index in [2.05, 4.69) is 9.88 Å². The molecule has 0 aliphatic carbocycles. The molecule has 4 aromatic rings. The minimum atomic E-state index is -2.91. The van der Waals surface area contributed by atoms with Gasteiger partial charge in [0.25, 0.3) is 0 Å². The number of hydrogen-bond acceptors (Lipinski definition) is 7. The van der Waals surface area contributed by atoms with Crippen LogP contribution in [-0.4, -0.2) is 66.8 Å². The zero-order valence-electron chi connectivity index (χ0n) is 20.3. The number of aliphatic imine (C=N–C) groups is 1. The Bertz CT molecular complexity index is 1560. The van der Waals surface area contributed by atoms with Crippen molar-refractivity contribution in [1.29, 1.82) is 0 Å². The van der Waals surface area contributed by atoms with E-state index in [1.165, 1.54) is 7.11 Å². The number of ether oxygens (including phenoxy) is 1. The number of aromatic amines is 1. The topological polar surface area (TPSA) is 112 Å². The van der Waals surface area contributed by atoms with Crippen molar-refractivity contribution in [3.63, 3.8) is 0 Å². The van der Waals surface area contributed by atoms with Crippen molar-refractivity contribution < 1.29 is 23.1 Å². The van der Waals surface area contributed by atoms with Gasteiger partial charge in [0.05, 0.1) is 41.1 Å². The number of fused-ring (bicyclic) bond motifs is 1. The molecule has 5 rings (SSSR count). The number of benzene rings is 3. The average molecular weight is 518 g/mol. The van der Waals surface area contributed by atoms with Crippen molar-refractivity contribution in [2.75, 3.05) is 31.7 Å². The third-order valence-electron chi connectivity index (χ3n) is 6.50. The number of aromatic nitrogens is 1. The van der Waals surface area contributed by atoms with Gasteiger partial charge < -0.3 is 14.8 Å². The molecule has 0 bridgehead atoms. The van der Waals surface area contributed by atoms with Crippen LogP contribution in [0.15, 0.2) is 77.8 Å². The van der Waals surface area contributed by atoms with Crippen LogP contribution in [0.3, 0.4) is 0 Å². The molecule has 8 nitrogen and oxygen atoms in total. The largest absolute Gasteiger partial charge is 0.494 e. The SMILES string of the molecule is COC(=O)c1ccc2c(C(=Nc3ccc(CN4CCS(=O)(=O)CC4)cc3)c3ccccc3)c(O)[nH]c2c1. The Hall–Kier alpha value is -3.95. The molecule has 0 atom stereocenters. The Morgan fingerprint density at radius 1 is 1.00 bits per heavy atom. The van der Waals surface area contributed by atoms with Crippen LogP contribution in [0.5, 0.6) is 5.88 Å². The summed E-state index contributed by atoms with van der Waals surface area (Å²) in [4.78, 5) is 22.0. The van der Waals surface area contributed by atoms with Gasteiger partial charge in [0.15, 0.2) is 15.7 Å². The smallest absolute Gasteiger partial charge is 0.337 e. The molecule has 1 aliphatic rings. The maximum Gasteiger partial charge on any atom is 0.337 e. The summed E-state index contributed by atoms with van der Waals surface area (Å²) in [5.41, 5.74) is 4.71. The van der Waals surface area contributed by atoms with E-state index in [1.807, 2.05) is 54.6 Å². The molecule has 0 saturated carbocycles. The minimum absolute atomic E-state index is 0.0451. The Kier molecular flexibility index (Phi) is 6.82. The van der Waals surface area contributed by atoms with Gasteiger partial charge in [0.2, 0.25) is 0 Å². The van der Waals surface area contributed by atoms with Crippen LogP contribution < -0.4 is 0 Å². The van der Waals surface area contributed by atoms with E-state index in [4.69, 9.17) is 9.73 Å². The van der Waals surface area contributed by atoms with Gasteiger partial charge in [-0.2, -0.15) is 0 Å². The summed E-state index contributed by atoms with van der Waals surface area (Å²) in [7, 11) is -1.58. The highest BCUT2D eigenvalue weighted by Crippen LogP contribution is 2.32. The minimum Gasteiger partial charge on any atom is -0.494 e. The van der Waals surface area contributed by atoms with E-state index in [0.29, 0.717) is 47.7 Å². The number of carbonyl (C=O) groups excluding carboxylic acids is 1. The zero-order valence-corrected chi connectivity index (χ0v) is 21.2. The van der Waals surface area contributed by atoms with Gasteiger partial charge in [-0.1, -0.05) is 48.5 Å². The third-order valence-corrected chi connectivity index (χ3v) is 8.11. The molecule has 1 aliphatic heterocycles. The zero-order chi connectivity index (χ0) is 26.0. The molecule has 9 heteroatoms. The van der Waals surface area contributed by atoms with Crippen molar-refractivity contribution in [1.82, 2.24) is 9.88 Å².